The summed E-state index contributed by atoms with van der Waals surface area (Å²) in [7, 11) is -3.60. The molecular formula is C35H36Cl2N2O3S. The lowest BCUT2D eigenvalue weighted by atomic mass is 9.75. The predicted molar refractivity (Wildman–Crippen MR) is 175 cm³/mol. The fourth-order valence-corrected chi connectivity index (χ4v) is 8.73. The maximum absolute atomic E-state index is 14.7. The van der Waals surface area contributed by atoms with E-state index < -0.39 is 10.0 Å². The highest BCUT2D eigenvalue weighted by Gasteiger charge is 2.50. The molecule has 0 N–H and O–H groups in total. The fraction of sp³-hybridized carbons (Fsp3) is 0.343. The number of carbonyl (C=O) groups is 1. The number of sulfonamides is 1. The highest BCUT2D eigenvalue weighted by molar-refractivity contribution is 7.93. The summed E-state index contributed by atoms with van der Waals surface area (Å²) in [6, 6.07) is 24.1. The number of halogens is 2. The highest BCUT2D eigenvalue weighted by atomic mass is 35.5. The molecule has 3 atom stereocenters. The van der Waals surface area contributed by atoms with E-state index in [2.05, 4.69) is 12.6 Å². The van der Waals surface area contributed by atoms with Crippen molar-refractivity contribution in [1.82, 2.24) is 4.90 Å². The molecule has 0 aromatic heterocycles. The molecule has 3 aromatic carbocycles. The van der Waals surface area contributed by atoms with E-state index in [1.165, 1.54) is 0 Å². The van der Waals surface area contributed by atoms with Gasteiger partial charge in [-0.15, -0.1) is 6.58 Å². The van der Waals surface area contributed by atoms with E-state index in [1.54, 1.807) is 10.4 Å². The van der Waals surface area contributed by atoms with Gasteiger partial charge in [-0.2, -0.15) is 0 Å². The second-order valence-corrected chi connectivity index (χ2v) is 14.9. The molecule has 0 spiro atoms. The third-order valence-electron chi connectivity index (χ3n) is 8.99. The highest BCUT2D eigenvalue weighted by Crippen LogP contribution is 2.51. The molecule has 0 radical (unpaired) electrons. The van der Waals surface area contributed by atoms with Crippen molar-refractivity contribution in [1.29, 1.82) is 0 Å². The Labute approximate surface area is 264 Å². The third kappa shape index (κ3) is 6.02. The Balaban J connectivity index is 1.53. The second kappa shape index (κ2) is 12.1. The molecule has 8 heteroatoms. The van der Waals surface area contributed by atoms with Crippen LogP contribution >= 0.6 is 23.2 Å². The maximum Gasteiger partial charge on any atom is 0.250 e. The lowest BCUT2D eigenvalue weighted by molar-refractivity contribution is -0.134. The number of para-hydroxylation sites is 1. The van der Waals surface area contributed by atoms with Gasteiger partial charge >= 0.3 is 0 Å². The molecule has 2 saturated carbocycles. The Hall–Kier alpha value is -3.06. The van der Waals surface area contributed by atoms with E-state index in [9.17, 15) is 13.2 Å². The van der Waals surface area contributed by atoms with Crippen molar-refractivity contribution in [2.45, 2.75) is 62.3 Å². The first-order chi connectivity index (χ1) is 20.7. The van der Waals surface area contributed by atoms with Crippen LogP contribution in [0.2, 0.25) is 10.0 Å². The Bertz CT molecular complexity index is 1650. The van der Waals surface area contributed by atoms with Crippen LogP contribution in [0.5, 0.6) is 0 Å². The average Bonchev–Trinajstić information content (AvgIpc) is 3.91. The number of rotatable bonds is 11. The number of hydrogen-bond donors (Lipinski definition) is 0. The maximum atomic E-state index is 14.7. The van der Waals surface area contributed by atoms with Crippen LogP contribution in [0.3, 0.4) is 0 Å². The molecular weight excluding hydrogens is 599 g/mol. The van der Waals surface area contributed by atoms with Crippen molar-refractivity contribution in [3.8, 4) is 0 Å². The zero-order chi connectivity index (χ0) is 30.3. The average molecular weight is 636 g/mol. The number of nitrogens with zero attached hydrogens (tertiary/aromatic N) is 2. The van der Waals surface area contributed by atoms with Crippen LogP contribution in [0.25, 0.3) is 0 Å². The van der Waals surface area contributed by atoms with Gasteiger partial charge in [0.05, 0.1) is 29.6 Å². The monoisotopic (exact) mass is 634 g/mol. The SMILES string of the molecule is C=CCC1=C(C)[C@H](c2cccc(Cl)c2)[C@@H](c2ccc(Cl)cc2)N(C(CN(c2ccccc2)S(=O)(=O)C2CC2)C2CC2)C1=O. The summed E-state index contributed by atoms with van der Waals surface area (Å²) in [5.41, 5.74) is 4.26. The van der Waals surface area contributed by atoms with Gasteiger partial charge in [0.1, 0.15) is 0 Å². The molecule has 1 amide bonds. The van der Waals surface area contributed by atoms with E-state index in [-0.39, 0.29) is 41.6 Å². The minimum Gasteiger partial charge on any atom is -0.326 e. The van der Waals surface area contributed by atoms with Crippen LogP contribution in [0, 0.1) is 5.92 Å². The molecule has 0 bridgehead atoms. The van der Waals surface area contributed by atoms with Crippen molar-refractivity contribution in [2.75, 3.05) is 10.8 Å². The van der Waals surface area contributed by atoms with Gasteiger partial charge in [-0.05, 0) is 92.5 Å². The molecule has 2 fully saturated rings. The largest absolute Gasteiger partial charge is 0.326 e. The molecule has 3 aliphatic rings. The fourth-order valence-electron chi connectivity index (χ4n) is 6.54. The van der Waals surface area contributed by atoms with Gasteiger partial charge < -0.3 is 4.90 Å². The van der Waals surface area contributed by atoms with Gasteiger partial charge in [0.15, 0.2) is 0 Å². The zero-order valence-corrected chi connectivity index (χ0v) is 26.5. The zero-order valence-electron chi connectivity index (χ0n) is 24.2. The van der Waals surface area contributed by atoms with Gasteiger partial charge in [0, 0.05) is 21.5 Å². The van der Waals surface area contributed by atoms with Gasteiger partial charge in [-0.3, -0.25) is 9.10 Å². The van der Waals surface area contributed by atoms with Crippen LogP contribution in [-0.4, -0.2) is 37.1 Å². The van der Waals surface area contributed by atoms with Crippen molar-refractivity contribution < 1.29 is 13.2 Å². The number of amides is 1. The third-order valence-corrected chi connectivity index (χ3v) is 11.8. The van der Waals surface area contributed by atoms with E-state index in [4.69, 9.17) is 23.2 Å². The van der Waals surface area contributed by atoms with Crippen molar-refractivity contribution in [2.24, 2.45) is 5.92 Å². The smallest absolute Gasteiger partial charge is 0.250 e. The van der Waals surface area contributed by atoms with Crippen molar-refractivity contribution in [3.05, 3.63) is 124 Å². The summed E-state index contributed by atoms with van der Waals surface area (Å²) < 4.78 is 29.5. The summed E-state index contributed by atoms with van der Waals surface area (Å²) in [6.45, 7) is 6.19. The van der Waals surface area contributed by atoms with Crippen LogP contribution in [0.4, 0.5) is 5.69 Å². The van der Waals surface area contributed by atoms with Crippen LogP contribution < -0.4 is 4.31 Å². The second-order valence-electron chi connectivity index (χ2n) is 11.9. The normalized spacial score (nSPS) is 21.6. The molecule has 0 saturated heterocycles. The van der Waals surface area contributed by atoms with E-state index in [1.807, 2.05) is 84.6 Å². The minimum atomic E-state index is -3.60. The van der Waals surface area contributed by atoms with Crippen molar-refractivity contribution in [3.63, 3.8) is 0 Å². The van der Waals surface area contributed by atoms with Crippen LogP contribution in [0.15, 0.2) is 103 Å². The molecule has 1 unspecified atom stereocenters. The lowest BCUT2D eigenvalue weighted by Crippen LogP contribution is -2.54. The van der Waals surface area contributed by atoms with Crippen LogP contribution in [0.1, 0.15) is 62.1 Å². The van der Waals surface area contributed by atoms with E-state index in [0.717, 1.165) is 29.5 Å². The summed E-state index contributed by atoms with van der Waals surface area (Å²) >= 11 is 12.9. The number of benzene rings is 3. The molecule has 224 valence electrons. The predicted octanol–water partition coefficient (Wildman–Crippen LogP) is 8.33. The topological polar surface area (TPSA) is 57.7 Å². The van der Waals surface area contributed by atoms with Gasteiger partial charge in [-0.25, -0.2) is 8.42 Å². The van der Waals surface area contributed by atoms with Crippen molar-refractivity contribution >= 4 is 44.8 Å². The Morgan fingerprint density at radius 1 is 0.930 bits per heavy atom. The van der Waals surface area contributed by atoms with E-state index >= 15 is 0 Å². The Kier molecular flexibility index (Phi) is 8.47. The number of carbonyl (C=O) groups excluding carboxylic acids is 1. The summed E-state index contributed by atoms with van der Waals surface area (Å²) in [5.74, 6) is -0.0777. The lowest BCUT2D eigenvalue weighted by Gasteiger charge is -2.48. The van der Waals surface area contributed by atoms with Crippen LogP contribution in [-0.2, 0) is 14.8 Å². The molecule has 1 aliphatic heterocycles. The first-order valence-corrected chi connectivity index (χ1v) is 17.2. The first kappa shape index (κ1) is 30.0. The quantitative estimate of drug-likeness (QED) is 0.199. The van der Waals surface area contributed by atoms with Gasteiger partial charge in [0.25, 0.3) is 5.91 Å². The standard InChI is InChI=1S/C35H36Cl2N2O3S/c1-3-8-31-23(2)33(26-9-7-10-28(37)21-26)34(25-15-17-27(36)18-16-25)39(35(31)40)32(24-13-14-24)22-38(29-11-5-4-6-12-29)43(41,42)30-19-20-30/h3-7,9-12,15-18,21,24,30,32-34H,1,8,13-14,19-20,22H2,2H3/t32?,33-,34-/m1/s1. The molecule has 2 aliphatic carbocycles. The number of anilines is 1. The summed E-state index contributed by atoms with van der Waals surface area (Å²) in [6.07, 6.45) is 5.40. The summed E-state index contributed by atoms with van der Waals surface area (Å²) in [5, 5.41) is 0.855. The first-order valence-electron chi connectivity index (χ1n) is 14.9. The molecule has 1 heterocycles. The summed E-state index contributed by atoms with van der Waals surface area (Å²) in [4.78, 5) is 16.7. The molecule has 3 aromatic rings. The van der Waals surface area contributed by atoms with E-state index in [0.29, 0.717) is 40.6 Å². The molecule has 43 heavy (non-hydrogen) atoms. The molecule has 5 nitrogen and oxygen atoms in total. The number of hydrogen-bond acceptors (Lipinski definition) is 3. The van der Waals surface area contributed by atoms with Gasteiger partial charge in [0.2, 0.25) is 10.0 Å². The Morgan fingerprint density at radius 2 is 1.63 bits per heavy atom. The number of allylic oxidation sites excluding steroid dienone is 1. The molecule has 6 rings (SSSR count). The van der Waals surface area contributed by atoms with Gasteiger partial charge in [-0.1, -0.05) is 77.3 Å². The minimum absolute atomic E-state index is 0.0654. The Morgan fingerprint density at radius 3 is 2.23 bits per heavy atom.